The van der Waals surface area contributed by atoms with Crippen molar-refractivity contribution < 1.29 is 0 Å². The Labute approximate surface area is 239 Å². The normalized spacial score (nSPS) is 14.6. The number of nitrogens with zero attached hydrogens (tertiary/aromatic N) is 5. The summed E-state index contributed by atoms with van der Waals surface area (Å²) in [5.41, 5.74) is 8.36. The lowest BCUT2D eigenvalue weighted by atomic mass is 9.90. The molecule has 41 heavy (non-hydrogen) atoms. The number of nitrogens with one attached hydrogen (secondary N) is 2. The van der Waals surface area contributed by atoms with Crippen molar-refractivity contribution in [1.29, 1.82) is 0 Å². The number of aryl methyl sites for hydroxylation is 1. The number of imidazole rings is 1. The van der Waals surface area contributed by atoms with Crippen LogP contribution in [0.15, 0.2) is 103 Å². The zero-order valence-corrected chi connectivity index (χ0v) is 22.9. The monoisotopic (exact) mass is 543 g/mol. The summed E-state index contributed by atoms with van der Waals surface area (Å²) in [6.07, 6.45) is 8.87. The molecule has 5 aromatic rings. The van der Waals surface area contributed by atoms with E-state index in [0.29, 0.717) is 12.2 Å². The minimum absolute atomic E-state index is 0.214. The van der Waals surface area contributed by atoms with Gasteiger partial charge in [0.2, 0.25) is 0 Å². The highest BCUT2D eigenvalue weighted by molar-refractivity contribution is 5.61. The number of hydrogen-bond donors (Lipinski definition) is 2. The molecule has 8 nitrogen and oxygen atoms in total. The van der Waals surface area contributed by atoms with Gasteiger partial charge in [-0.2, -0.15) is 0 Å². The minimum atomic E-state index is 0.214. The molecule has 0 saturated heterocycles. The Morgan fingerprint density at radius 1 is 0.854 bits per heavy atom. The van der Waals surface area contributed by atoms with Crippen molar-refractivity contribution in [2.45, 2.75) is 51.5 Å². The fourth-order valence-electron chi connectivity index (χ4n) is 5.54. The number of aromatic nitrogens is 4. The summed E-state index contributed by atoms with van der Waals surface area (Å²) in [5.74, 6) is 0.899. The van der Waals surface area contributed by atoms with E-state index in [9.17, 15) is 4.91 Å². The first-order chi connectivity index (χ1) is 20.2. The van der Waals surface area contributed by atoms with Crippen LogP contribution >= 0.6 is 0 Å². The van der Waals surface area contributed by atoms with E-state index < -0.39 is 0 Å². The first-order valence-corrected chi connectivity index (χ1v) is 14.1. The van der Waals surface area contributed by atoms with Gasteiger partial charge in [-0.15, -0.1) is 4.91 Å². The summed E-state index contributed by atoms with van der Waals surface area (Å²) in [6.45, 7) is 2.99. The lowest BCUT2D eigenvalue weighted by Crippen LogP contribution is -2.31. The van der Waals surface area contributed by atoms with E-state index in [4.69, 9.17) is 9.97 Å². The maximum atomic E-state index is 10.8. The molecule has 0 spiro atoms. The molecular formula is C33H33N7O. The molecule has 0 bridgehead atoms. The highest BCUT2D eigenvalue weighted by Gasteiger charge is 2.28. The van der Waals surface area contributed by atoms with E-state index in [-0.39, 0.29) is 6.04 Å². The minimum Gasteiger partial charge on any atom is -0.341 e. The van der Waals surface area contributed by atoms with E-state index in [1.165, 1.54) is 22.4 Å². The van der Waals surface area contributed by atoms with Crippen LogP contribution < -0.4 is 5.32 Å². The average Bonchev–Trinajstić information content (AvgIpc) is 3.50. The van der Waals surface area contributed by atoms with Crippen molar-refractivity contribution in [2.75, 3.05) is 0 Å². The van der Waals surface area contributed by atoms with E-state index >= 15 is 0 Å². The Hall–Kier alpha value is -4.53. The maximum absolute atomic E-state index is 10.8. The molecule has 0 amide bonds. The van der Waals surface area contributed by atoms with Gasteiger partial charge in [-0.1, -0.05) is 48.5 Å². The Morgan fingerprint density at radius 2 is 1.68 bits per heavy atom. The molecule has 1 unspecified atom stereocenters. The SMILES string of the molecule is O=Nc1ccc(-c2cnc(CN(Cc3ccc(CNCc4ccccn4)cc3)C3CCCc4cccnc43)[nH]2)cc1. The summed E-state index contributed by atoms with van der Waals surface area (Å²) in [7, 11) is 0. The molecule has 1 atom stereocenters. The van der Waals surface area contributed by atoms with Crippen LogP contribution in [0.3, 0.4) is 0 Å². The van der Waals surface area contributed by atoms with Crippen LogP contribution in [-0.4, -0.2) is 24.8 Å². The van der Waals surface area contributed by atoms with Gasteiger partial charge in [0, 0.05) is 32.0 Å². The third-order valence-corrected chi connectivity index (χ3v) is 7.64. The summed E-state index contributed by atoms with van der Waals surface area (Å²) in [5, 5.41) is 6.48. The van der Waals surface area contributed by atoms with Gasteiger partial charge in [-0.3, -0.25) is 14.9 Å². The molecule has 3 aromatic heterocycles. The summed E-state index contributed by atoms with van der Waals surface area (Å²) in [6, 6.07) is 26.5. The van der Waals surface area contributed by atoms with E-state index in [2.05, 4.69) is 55.7 Å². The van der Waals surface area contributed by atoms with Crippen molar-refractivity contribution in [1.82, 2.24) is 30.2 Å². The molecule has 0 radical (unpaired) electrons. The molecular weight excluding hydrogens is 510 g/mol. The second kappa shape index (κ2) is 12.8. The summed E-state index contributed by atoms with van der Waals surface area (Å²) < 4.78 is 0. The number of rotatable bonds is 11. The van der Waals surface area contributed by atoms with E-state index in [1.54, 1.807) is 12.1 Å². The number of pyridine rings is 2. The van der Waals surface area contributed by atoms with Crippen LogP contribution in [0.25, 0.3) is 11.3 Å². The van der Waals surface area contributed by atoms with Crippen LogP contribution in [0.2, 0.25) is 0 Å². The zero-order valence-electron chi connectivity index (χ0n) is 22.9. The van der Waals surface area contributed by atoms with Crippen LogP contribution in [0.1, 0.15) is 52.8 Å². The second-order valence-corrected chi connectivity index (χ2v) is 10.5. The van der Waals surface area contributed by atoms with E-state index in [0.717, 1.165) is 61.7 Å². The Morgan fingerprint density at radius 3 is 2.49 bits per heavy atom. The van der Waals surface area contributed by atoms with Crippen LogP contribution in [-0.2, 0) is 32.6 Å². The predicted molar refractivity (Wildman–Crippen MR) is 160 cm³/mol. The molecule has 0 saturated carbocycles. The van der Waals surface area contributed by atoms with Crippen LogP contribution in [0, 0.1) is 4.91 Å². The topological polar surface area (TPSA) is 99.2 Å². The first-order valence-electron chi connectivity index (χ1n) is 14.1. The largest absolute Gasteiger partial charge is 0.341 e. The highest BCUT2D eigenvalue weighted by atomic mass is 16.3. The maximum Gasteiger partial charge on any atom is 0.120 e. The summed E-state index contributed by atoms with van der Waals surface area (Å²) >= 11 is 0. The predicted octanol–water partition coefficient (Wildman–Crippen LogP) is 6.63. The quantitative estimate of drug-likeness (QED) is 0.181. The fraction of sp³-hybridized carbons (Fsp3) is 0.242. The summed E-state index contributed by atoms with van der Waals surface area (Å²) in [4.78, 5) is 30.7. The third kappa shape index (κ3) is 6.62. The number of aromatic amines is 1. The Kier molecular flexibility index (Phi) is 8.30. The van der Waals surface area contributed by atoms with Gasteiger partial charge in [0.05, 0.1) is 35.9 Å². The van der Waals surface area contributed by atoms with Crippen molar-refractivity contribution in [2.24, 2.45) is 5.18 Å². The van der Waals surface area contributed by atoms with Gasteiger partial charge in [-0.25, -0.2) is 4.98 Å². The smallest absolute Gasteiger partial charge is 0.120 e. The highest BCUT2D eigenvalue weighted by Crippen LogP contribution is 2.35. The zero-order chi connectivity index (χ0) is 27.9. The van der Waals surface area contributed by atoms with Crippen molar-refractivity contribution in [3.8, 4) is 11.3 Å². The second-order valence-electron chi connectivity index (χ2n) is 10.5. The molecule has 206 valence electrons. The number of H-pyrrole nitrogens is 1. The number of hydrogen-bond acceptors (Lipinski definition) is 7. The van der Waals surface area contributed by atoms with Gasteiger partial charge < -0.3 is 10.3 Å². The molecule has 0 aliphatic heterocycles. The molecule has 2 aromatic carbocycles. The average molecular weight is 544 g/mol. The lowest BCUT2D eigenvalue weighted by Gasteiger charge is -2.34. The number of benzene rings is 2. The molecule has 2 N–H and O–H groups in total. The van der Waals surface area contributed by atoms with Crippen molar-refractivity contribution in [3.05, 3.63) is 136 Å². The number of nitroso groups, excluding NO2 is 1. The van der Waals surface area contributed by atoms with E-state index in [1.807, 2.05) is 55.0 Å². The van der Waals surface area contributed by atoms with Gasteiger partial charge in [0.15, 0.2) is 0 Å². The van der Waals surface area contributed by atoms with Gasteiger partial charge in [0.25, 0.3) is 0 Å². The Balaban J connectivity index is 1.18. The number of fused-ring (bicyclic) bond motifs is 1. The molecule has 1 aliphatic rings. The van der Waals surface area contributed by atoms with Gasteiger partial charge in [-0.05, 0) is 77.0 Å². The van der Waals surface area contributed by atoms with Crippen LogP contribution in [0.5, 0.6) is 0 Å². The van der Waals surface area contributed by atoms with Crippen molar-refractivity contribution >= 4 is 5.69 Å². The van der Waals surface area contributed by atoms with Crippen molar-refractivity contribution in [3.63, 3.8) is 0 Å². The lowest BCUT2D eigenvalue weighted by molar-refractivity contribution is 0.153. The van der Waals surface area contributed by atoms with Crippen LogP contribution in [0.4, 0.5) is 5.69 Å². The third-order valence-electron chi connectivity index (χ3n) is 7.64. The molecule has 6 rings (SSSR count). The Bertz CT molecular complexity index is 1570. The molecule has 0 fully saturated rings. The van der Waals surface area contributed by atoms with Gasteiger partial charge >= 0.3 is 0 Å². The first kappa shape index (κ1) is 26.7. The molecule has 8 heteroatoms. The molecule has 1 aliphatic carbocycles. The fourth-order valence-corrected chi connectivity index (χ4v) is 5.54. The van der Waals surface area contributed by atoms with Gasteiger partial charge in [0.1, 0.15) is 11.5 Å². The molecule has 3 heterocycles. The standard InChI is InChI=1S/C33H33N7O/c41-39-28-15-13-26(14-16-28)30-21-37-32(38-30)23-40(31-8-3-5-27-6-4-18-36-33(27)31)22-25-11-9-24(10-12-25)19-34-20-29-7-1-2-17-35-29/h1-2,4,6-7,9-18,21,31,34H,3,5,8,19-20,22-23H2,(H,37,38).